The van der Waals surface area contributed by atoms with Crippen molar-refractivity contribution in [1.82, 2.24) is 0 Å². The van der Waals surface area contributed by atoms with Gasteiger partial charge in [-0.15, -0.1) is 0 Å². The maximum absolute atomic E-state index is 11.5. The summed E-state index contributed by atoms with van der Waals surface area (Å²) in [6, 6.07) is 0. The molecule has 3 aliphatic rings. The van der Waals surface area contributed by atoms with Gasteiger partial charge in [0.15, 0.2) is 0 Å². The van der Waals surface area contributed by atoms with Gasteiger partial charge in [-0.1, -0.05) is 25.5 Å². The van der Waals surface area contributed by atoms with Gasteiger partial charge in [-0.25, -0.2) is 4.79 Å². The summed E-state index contributed by atoms with van der Waals surface area (Å²) in [6.45, 7) is 9.03. The minimum absolute atomic E-state index is 0.206. The Morgan fingerprint density at radius 2 is 2.25 bits per heavy atom. The molecule has 0 aromatic rings. The third-order valence-electron chi connectivity index (χ3n) is 4.19. The summed E-state index contributed by atoms with van der Waals surface area (Å²) in [5, 5.41) is 0. The van der Waals surface area contributed by atoms with Crippen LogP contribution in [-0.4, -0.2) is 12.6 Å². The first kappa shape index (κ1) is 11.4. The quantitative estimate of drug-likeness (QED) is 0.528. The Morgan fingerprint density at radius 1 is 1.56 bits per heavy atom. The van der Waals surface area contributed by atoms with Gasteiger partial charge in [0, 0.05) is 6.08 Å². The monoisotopic (exact) mass is 220 g/mol. The lowest BCUT2D eigenvalue weighted by Crippen LogP contribution is -2.48. The average molecular weight is 220 g/mol. The van der Waals surface area contributed by atoms with Crippen molar-refractivity contribution in [2.75, 3.05) is 6.61 Å². The zero-order chi connectivity index (χ0) is 11.9. The van der Waals surface area contributed by atoms with E-state index in [9.17, 15) is 4.79 Å². The van der Waals surface area contributed by atoms with Crippen molar-refractivity contribution in [2.45, 2.75) is 34.1 Å². The van der Waals surface area contributed by atoms with E-state index >= 15 is 0 Å². The molecule has 0 saturated heterocycles. The molecule has 0 spiro atoms. The first-order chi connectivity index (χ1) is 7.46. The molecule has 0 unspecified atom stereocenters. The number of carbonyl (C=O) groups excluding carboxylic acids is 1. The van der Waals surface area contributed by atoms with Crippen LogP contribution in [0.4, 0.5) is 0 Å². The zero-order valence-electron chi connectivity index (χ0n) is 10.5. The molecule has 0 aromatic heterocycles. The highest BCUT2D eigenvalue weighted by molar-refractivity contribution is 5.83. The van der Waals surface area contributed by atoms with Crippen molar-refractivity contribution < 1.29 is 9.53 Å². The molecule has 0 heterocycles. The van der Waals surface area contributed by atoms with E-state index in [4.69, 9.17) is 4.74 Å². The molecule has 0 N–H and O–H groups in total. The molecule has 0 amide bonds. The van der Waals surface area contributed by atoms with Crippen LogP contribution in [0.3, 0.4) is 0 Å². The molecule has 0 aromatic carbocycles. The van der Waals surface area contributed by atoms with Gasteiger partial charge < -0.3 is 4.74 Å². The van der Waals surface area contributed by atoms with Gasteiger partial charge in [0.1, 0.15) is 0 Å². The first-order valence-electron chi connectivity index (χ1n) is 6.03. The second kappa shape index (κ2) is 3.76. The predicted molar refractivity (Wildman–Crippen MR) is 63.9 cm³/mol. The number of esters is 1. The van der Waals surface area contributed by atoms with Crippen LogP contribution >= 0.6 is 0 Å². The molecular formula is C14H20O2. The molecule has 2 bridgehead atoms. The second-order valence-corrected chi connectivity index (χ2v) is 5.45. The van der Waals surface area contributed by atoms with E-state index in [-0.39, 0.29) is 5.97 Å². The van der Waals surface area contributed by atoms with E-state index in [1.807, 2.05) is 6.92 Å². The number of fused-ring (bicyclic) bond motifs is 1. The van der Waals surface area contributed by atoms with Crippen LogP contribution in [0.2, 0.25) is 0 Å². The Hall–Kier alpha value is -1.05. The number of carbonyl (C=O) groups is 1. The summed E-state index contributed by atoms with van der Waals surface area (Å²) < 4.78 is 4.97. The van der Waals surface area contributed by atoms with Crippen molar-refractivity contribution in [1.29, 1.82) is 0 Å². The van der Waals surface area contributed by atoms with Gasteiger partial charge in [-0.3, -0.25) is 0 Å². The summed E-state index contributed by atoms with van der Waals surface area (Å²) >= 11 is 0. The SMILES string of the molecule is CCOC(=O)/C=C1\C=C(C)[C@@H]2C[C@H]1C2(C)C. The van der Waals surface area contributed by atoms with Gasteiger partial charge >= 0.3 is 5.97 Å². The highest BCUT2D eigenvalue weighted by Gasteiger charge is 2.52. The smallest absolute Gasteiger partial charge is 0.331 e. The molecule has 0 radical (unpaired) electrons. The molecular weight excluding hydrogens is 200 g/mol. The number of allylic oxidation sites excluding steroid dienone is 3. The molecule has 2 heteroatoms. The van der Waals surface area contributed by atoms with E-state index in [0.29, 0.717) is 23.9 Å². The Bertz CT molecular complexity index is 374. The van der Waals surface area contributed by atoms with Crippen molar-refractivity contribution in [3.05, 3.63) is 23.3 Å². The number of hydrogen-bond donors (Lipinski definition) is 0. The minimum atomic E-state index is -0.206. The highest BCUT2D eigenvalue weighted by atomic mass is 16.5. The van der Waals surface area contributed by atoms with Crippen LogP contribution in [0.1, 0.15) is 34.1 Å². The average Bonchev–Trinajstić information content (AvgIpc) is 2.16. The Morgan fingerprint density at radius 3 is 2.75 bits per heavy atom. The molecule has 3 rings (SSSR count). The lowest BCUT2D eigenvalue weighted by Gasteiger charge is -2.56. The van der Waals surface area contributed by atoms with Crippen molar-refractivity contribution in [3.8, 4) is 0 Å². The van der Waals surface area contributed by atoms with E-state index in [1.54, 1.807) is 6.08 Å². The summed E-state index contributed by atoms with van der Waals surface area (Å²) in [5.41, 5.74) is 2.88. The summed E-state index contributed by atoms with van der Waals surface area (Å²) in [5.74, 6) is 1.03. The van der Waals surface area contributed by atoms with E-state index in [1.165, 1.54) is 12.0 Å². The van der Waals surface area contributed by atoms with Crippen LogP contribution in [-0.2, 0) is 9.53 Å². The van der Waals surface area contributed by atoms with E-state index in [0.717, 1.165) is 5.57 Å². The molecule has 3 aliphatic carbocycles. The molecule has 16 heavy (non-hydrogen) atoms. The zero-order valence-corrected chi connectivity index (χ0v) is 10.5. The number of hydrogen-bond acceptors (Lipinski definition) is 2. The minimum Gasteiger partial charge on any atom is -0.463 e. The highest BCUT2D eigenvalue weighted by Crippen LogP contribution is 2.60. The number of ether oxygens (including phenoxy) is 1. The third-order valence-corrected chi connectivity index (χ3v) is 4.19. The summed E-state index contributed by atoms with van der Waals surface area (Å²) in [7, 11) is 0. The van der Waals surface area contributed by atoms with Crippen LogP contribution in [0.5, 0.6) is 0 Å². The Labute approximate surface area is 97.4 Å². The normalized spacial score (nSPS) is 33.0. The predicted octanol–water partition coefficient (Wildman–Crippen LogP) is 3.10. The van der Waals surface area contributed by atoms with Crippen molar-refractivity contribution >= 4 is 5.97 Å². The molecule has 1 fully saturated rings. The maximum atomic E-state index is 11.5. The van der Waals surface area contributed by atoms with Gasteiger partial charge in [0.25, 0.3) is 0 Å². The van der Waals surface area contributed by atoms with Crippen LogP contribution < -0.4 is 0 Å². The fraction of sp³-hybridized carbons (Fsp3) is 0.643. The third kappa shape index (κ3) is 1.60. The molecule has 88 valence electrons. The van der Waals surface area contributed by atoms with E-state index in [2.05, 4.69) is 26.8 Å². The summed E-state index contributed by atoms with van der Waals surface area (Å²) in [4.78, 5) is 11.5. The van der Waals surface area contributed by atoms with Gasteiger partial charge in [0.2, 0.25) is 0 Å². The number of rotatable bonds is 2. The largest absolute Gasteiger partial charge is 0.463 e. The molecule has 2 atom stereocenters. The van der Waals surface area contributed by atoms with Gasteiger partial charge in [0.05, 0.1) is 6.61 Å². The van der Waals surface area contributed by atoms with Gasteiger partial charge in [-0.05, 0) is 43.1 Å². The first-order valence-corrected chi connectivity index (χ1v) is 6.03. The van der Waals surface area contributed by atoms with Crippen molar-refractivity contribution in [3.63, 3.8) is 0 Å². The molecule has 1 saturated carbocycles. The van der Waals surface area contributed by atoms with Gasteiger partial charge in [-0.2, -0.15) is 0 Å². The lowest BCUT2D eigenvalue weighted by molar-refractivity contribution is -0.137. The topological polar surface area (TPSA) is 26.3 Å². The molecule has 0 aliphatic heterocycles. The lowest BCUT2D eigenvalue weighted by atomic mass is 9.47. The van der Waals surface area contributed by atoms with Crippen LogP contribution in [0, 0.1) is 17.3 Å². The maximum Gasteiger partial charge on any atom is 0.331 e. The van der Waals surface area contributed by atoms with E-state index < -0.39 is 0 Å². The summed E-state index contributed by atoms with van der Waals surface area (Å²) in [6.07, 6.45) is 5.04. The second-order valence-electron chi connectivity index (χ2n) is 5.45. The fourth-order valence-electron chi connectivity index (χ4n) is 3.19. The standard InChI is InChI=1S/C14H20O2/c1-5-16-13(15)7-10-6-9(2)11-8-12(10)14(11,3)4/h6-7,11-12H,5,8H2,1-4H3/b10-7+/t11-,12+/m0/s1. The Balaban J connectivity index is 2.24. The van der Waals surface area contributed by atoms with Crippen LogP contribution in [0.25, 0.3) is 0 Å². The molecule has 2 nitrogen and oxygen atoms in total. The van der Waals surface area contributed by atoms with Crippen LogP contribution in [0.15, 0.2) is 23.3 Å². The Kier molecular flexibility index (Phi) is 2.69. The fourth-order valence-corrected chi connectivity index (χ4v) is 3.19. The van der Waals surface area contributed by atoms with Crippen molar-refractivity contribution in [2.24, 2.45) is 17.3 Å².